The molecule has 0 unspecified atom stereocenters. The van der Waals surface area contributed by atoms with Crippen LogP contribution < -0.4 is 4.90 Å². The second kappa shape index (κ2) is 14.6. The lowest BCUT2D eigenvalue weighted by molar-refractivity contribution is 0.773. The van der Waals surface area contributed by atoms with E-state index in [2.05, 4.69) is 210 Å². The Kier molecular flexibility index (Phi) is 6.84. The van der Waals surface area contributed by atoms with E-state index in [0.717, 1.165) is 72.4 Å². The molecule has 13 aromatic rings. The Morgan fingerprint density at radius 2 is 0.730 bits per heavy atom. The lowest BCUT2D eigenvalue weighted by atomic mass is 9.61. The molecule has 1 aromatic heterocycles. The second-order valence-electron chi connectivity index (χ2n) is 20.2. The zero-order chi connectivity index (χ0) is 53.5. The summed E-state index contributed by atoms with van der Waals surface area (Å²) in [4.78, 5) is 2.36. The van der Waals surface area contributed by atoms with Gasteiger partial charge in [0.15, 0.2) is 0 Å². The van der Waals surface area contributed by atoms with Crippen LogP contribution in [0.25, 0.3) is 82.8 Å². The first kappa shape index (κ1) is 34.8. The van der Waals surface area contributed by atoms with Gasteiger partial charge in [0.25, 0.3) is 0 Å². The van der Waals surface area contributed by atoms with E-state index in [0.29, 0.717) is 22.1 Å². The van der Waals surface area contributed by atoms with Crippen molar-refractivity contribution < 1.29 is 8.22 Å². The maximum absolute atomic E-state index is 10.1. The molecular weight excluding hydrogens is 893 g/mol. The van der Waals surface area contributed by atoms with Crippen LogP contribution in [0.15, 0.2) is 267 Å². The summed E-state index contributed by atoms with van der Waals surface area (Å²) >= 11 is 0. The maximum Gasteiger partial charge on any atom is 0.0726 e. The number of fused-ring (bicyclic) bond motifs is 22. The van der Waals surface area contributed by atoms with Gasteiger partial charge in [0, 0.05) is 33.5 Å². The van der Waals surface area contributed by atoms with Crippen LogP contribution in [0.5, 0.6) is 0 Å². The normalized spacial score (nSPS) is 15.3. The predicted molar refractivity (Wildman–Crippen MR) is 306 cm³/mol. The molecule has 2 spiro atoms. The average Bonchev–Trinajstić information content (AvgIpc) is 4.30. The zero-order valence-electron chi connectivity index (χ0n) is 45.8. The Morgan fingerprint density at radius 1 is 0.311 bits per heavy atom. The number of nitrogens with zero attached hydrogens (tertiary/aromatic N) is 2. The van der Waals surface area contributed by atoms with Crippen LogP contribution in [0.2, 0.25) is 0 Å². The molecule has 12 aromatic carbocycles. The van der Waals surface area contributed by atoms with Gasteiger partial charge in [0.05, 0.1) is 30.1 Å². The van der Waals surface area contributed by atoms with Gasteiger partial charge in [-0.1, -0.05) is 206 Å². The van der Waals surface area contributed by atoms with E-state index in [9.17, 15) is 8.22 Å². The number of rotatable bonds is 4. The molecule has 17 rings (SSSR count). The molecule has 0 fully saturated rings. The van der Waals surface area contributed by atoms with Gasteiger partial charge in [0.1, 0.15) is 0 Å². The monoisotopic (exact) mass is 942 g/mol. The highest BCUT2D eigenvalue weighted by atomic mass is 15.1. The molecule has 4 aliphatic carbocycles. The number of para-hydroxylation sites is 2. The Morgan fingerprint density at radius 3 is 1.30 bits per heavy atom. The van der Waals surface area contributed by atoms with Crippen molar-refractivity contribution in [2.75, 3.05) is 4.90 Å². The van der Waals surface area contributed by atoms with E-state index in [4.69, 9.17) is 0 Å². The molecule has 2 heteroatoms. The lowest BCUT2D eigenvalue weighted by Crippen LogP contribution is -2.32. The van der Waals surface area contributed by atoms with Gasteiger partial charge in [-0.15, -0.1) is 0 Å². The summed E-state index contributed by atoms with van der Waals surface area (Å²) in [7, 11) is 0. The highest BCUT2D eigenvalue weighted by molar-refractivity contribution is 6.12. The third-order valence-corrected chi connectivity index (χ3v) is 16.9. The second-order valence-corrected chi connectivity index (χ2v) is 20.2. The van der Waals surface area contributed by atoms with Crippen molar-refractivity contribution >= 4 is 49.6 Å². The van der Waals surface area contributed by atoms with Crippen molar-refractivity contribution in [3.8, 4) is 50.2 Å². The molecule has 0 radical (unpaired) electrons. The van der Waals surface area contributed by atoms with Crippen LogP contribution in [0.3, 0.4) is 0 Å². The molecular formula is C72H44N2. The van der Waals surface area contributed by atoms with Gasteiger partial charge in [-0.2, -0.15) is 0 Å². The molecule has 0 saturated carbocycles. The summed E-state index contributed by atoms with van der Waals surface area (Å²) in [5, 5.41) is 2.76. The SMILES string of the molecule is [2H]c1c([2H])c2c3c(c([2H])c([2H])c([2H])c3c1[2H])C1(c3ccccc3-c3ccccc31)c1cc(N(c3ccc4c(c3)C3(c5ccccc5-c5ccccc53)c3ccccc3-4)c3ccc4c(c3)c3ccccc3n4-c3ccccc3)ccc1-2. The number of hydrogen-bond acceptors (Lipinski definition) is 1. The minimum absolute atomic E-state index is 0.124. The van der Waals surface area contributed by atoms with E-state index in [1.807, 2.05) is 30.3 Å². The van der Waals surface area contributed by atoms with E-state index >= 15 is 0 Å². The number of aromatic nitrogens is 1. The summed E-state index contributed by atoms with van der Waals surface area (Å²) in [5.41, 5.74) is 20.0. The molecule has 4 aliphatic rings. The molecule has 2 nitrogen and oxygen atoms in total. The number of hydrogen-bond donors (Lipinski definition) is 0. The van der Waals surface area contributed by atoms with Crippen LogP contribution >= 0.6 is 0 Å². The highest BCUT2D eigenvalue weighted by Gasteiger charge is 2.53. The minimum Gasteiger partial charge on any atom is -0.310 e. The fourth-order valence-electron chi connectivity index (χ4n) is 14.2. The van der Waals surface area contributed by atoms with Crippen molar-refractivity contribution in [1.29, 1.82) is 0 Å². The largest absolute Gasteiger partial charge is 0.310 e. The molecule has 0 bridgehead atoms. The third kappa shape index (κ3) is 4.91. The lowest BCUT2D eigenvalue weighted by Gasteiger charge is -2.41. The van der Waals surface area contributed by atoms with Gasteiger partial charge in [-0.25, -0.2) is 0 Å². The van der Waals surface area contributed by atoms with Crippen LogP contribution in [0, 0.1) is 0 Å². The number of benzene rings is 12. The van der Waals surface area contributed by atoms with E-state index in [-0.39, 0.29) is 41.6 Å². The molecule has 1 heterocycles. The highest BCUT2D eigenvalue weighted by Crippen LogP contribution is 2.65. The van der Waals surface area contributed by atoms with Crippen molar-refractivity contribution in [3.05, 3.63) is 311 Å². The van der Waals surface area contributed by atoms with Crippen LogP contribution in [-0.2, 0) is 10.8 Å². The van der Waals surface area contributed by atoms with Crippen LogP contribution in [-0.4, -0.2) is 4.57 Å². The first-order valence-corrected chi connectivity index (χ1v) is 25.4. The van der Waals surface area contributed by atoms with Gasteiger partial charge in [-0.3, -0.25) is 0 Å². The third-order valence-electron chi connectivity index (χ3n) is 16.9. The molecule has 0 N–H and O–H groups in total. The molecule has 342 valence electrons. The standard InChI is InChI=1S/C72H44N2/c1-2-20-46(21-3-1)74-68-35-15-9-27-57(68)59-42-47(38-41-69(59)74)73(48-36-39-55-54-26-8-12-31-62(54)71(66(55)43-48)60-29-10-4-22-50(60)51-23-5-11-30-61(51)71)49-37-40-56-58-28-16-18-45-19-17-34-65(70(45)58)72(67(56)44-49)63-32-13-6-24-52(63)53-25-7-14-33-64(53)72/h1-44H/i16D,17D,18D,19D,28D,34D. The zero-order valence-corrected chi connectivity index (χ0v) is 39.8. The van der Waals surface area contributed by atoms with Gasteiger partial charge >= 0.3 is 0 Å². The predicted octanol–water partition coefficient (Wildman–Crippen LogP) is 18.1. The van der Waals surface area contributed by atoms with Crippen molar-refractivity contribution in [3.63, 3.8) is 0 Å². The molecule has 74 heavy (non-hydrogen) atoms. The van der Waals surface area contributed by atoms with E-state index < -0.39 is 10.8 Å². The van der Waals surface area contributed by atoms with E-state index in [1.54, 1.807) is 0 Å². The van der Waals surface area contributed by atoms with Crippen molar-refractivity contribution in [2.45, 2.75) is 10.8 Å². The smallest absolute Gasteiger partial charge is 0.0726 e. The minimum atomic E-state index is -1.23. The average molecular weight is 943 g/mol. The summed E-state index contributed by atoms with van der Waals surface area (Å²) in [5.74, 6) is 0. The van der Waals surface area contributed by atoms with Crippen molar-refractivity contribution in [2.24, 2.45) is 0 Å². The van der Waals surface area contributed by atoms with Crippen LogP contribution in [0.4, 0.5) is 17.1 Å². The number of anilines is 3. The molecule has 0 aliphatic heterocycles. The summed E-state index contributed by atoms with van der Waals surface area (Å²) < 4.78 is 59.7. The molecule has 0 atom stereocenters. The topological polar surface area (TPSA) is 8.17 Å². The molecule has 0 amide bonds. The van der Waals surface area contributed by atoms with Gasteiger partial charge in [-0.05, 0) is 160 Å². The van der Waals surface area contributed by atoms with Gasteiger partial charge < -0.3 is 9.47 Å². The summed E-state index contributed by atoms with van der Waals surface area (Å²) in [6.07, 6.45) is 0. The Balaban J connectivity index is 1.00. The van der Waals surface area contributed by atoms with Crippen molar-refractivity contribution in [1.82, 2.24) is 4.57 Å². The summed E-state index contributed by atoms with van der Waals surface area (Å²) in [6, 6.07) is 81.0. The van der Waals surface area contributed by atoms with E-state index in [1.165, 1.54) is 44.5 Å². The quantitative estimate of drug-likeness (QED) is 0.171. The Bertz CT molecular complexity index is 4820. The fraction of sp³-hybridized carbons (Fsp3) is 0.0278. The van der Waals surface area contributed by atoms with Gasteiger partial charge in [0.2, 0.25) is 0 Å². The summed E-state index contributed by atoms with van der Waals surface area (Å²) in [6.45, 7) is 0. The van der Waals surface area contributed by atoms with Crippen LogP contribution in [0.1, 0.15) is 52.7 Å². The Hall–Kier alpha value is -9.50. The fourth-order valence-corrected chi connectivity index (χ4v) is 14.2. The Labute approximate surface area is 437 Å². The maximum atomic E-state index is 10.1. The first-order chi connectivity index (χ1) is 39.2. The molecule has 0 saturated heterocycles. The first-order valence-electron chi connectivity index (χ1n) is 28.4.